The first-order chi connectivity index (χ1) is 9.45. The molecule has 2 rings (SSSR count). The van der Waals surface area contributed by atoms with E-state index in [0.29, 0.717) is 18.2 Å². The summed E-state index contributed by atoms with van der Waals surface area (Å²) in [5.74, 6) is 1.07. The molecule has 0 radical (unpaired) electrons. The van der Waals surface area contributed by atoms with Crippen LogP contribution in [0.1, 0.15) is 30.4 Å². The third-order valence-corrected chi connectivity index (χ3v) is 3.48. The Bertz CT molecular complexity index is 659. The van der Waals surface area contributed by atoms with E-state index in [1.165, 1.54) is 0 Å². The number of hydrogen-bond acceptors (Lipinski definition) is 4. The number of carbonyl (C=O) groups is 1. The van der Waals surface area contributed by atoms with Crippen LogP contribution in [-0.4, -0.2) is 27.0 Å². The highest BCUT2D eigenvalue weighted by Gasteiger charge is 2.17. The molecule has 0 atom stereocenters. The predicted octanol–water partition coefficient (Wildman–Crippen LogP) is 1.46. The fraction of sp³-hybridized carbons (Fsp3) is 0.500. The van der Waals surface area contributed by atoms with Crippen LogP contribution in [0.15, 0.2) is 0 Å². The summed E-state index contributed by atoms with van der Waals surface area (Å²) in [5.41, 5.74) is 8.75. The van der Waals surface area contributed by atoms with Crippen molar-refractivity contribution in [3.8, 4) is 0 Å². The zero-order valence-electron chi connectivity index (χ0n) is 12.4. The van der Waals surface area contributed by atoms with Gasteiger partial charge in [-0.25, -0.2) is 9.97 Å². The number of fused-ring (bicyclic) bond motifs is 1. The van der Waals surface area contributed by atoms with Crippen molar-refractivity contribution in [2.45, 2.75) is 40.7 Å². The molecule has 6 nitrogen and oxygen atoms in total. The molecule has 108 valence electrons. The minimum Gasteiger partial charge on any atom is -0.383 e. The average molecular weight is 275 g/mol. The van der Waals surface area contributed by atoms with E-state index < -0.39 is 0 Å². The maximum absolute atomic E-state index is 11.9. The molecule has 2 heterocycles. The molecule has 20 heavy (non-hydrogen) atoms. The van der Waals surface area contributed by atoms with Crippen molar-refractivity contribution in [2.75, 3.05) is 12.3 Å². The van der Waals surface area contributed by atoms with E-state index in [-0.39, 0.29) is 12.5 Å². The number of aromatic nitrogens is 3. The Morgan fingerprint density at radius 2 is 2.00 bits per heavy atom. The van der Waals surface area contributed by atoms with E-state index in [2.05, 4.69) is 15.3 Å². The second-order valence-corrected chi connectivity index (χ2v) is 5.00. The highest BCUT2D eigenvalue weighted by molar-refractivity contribution is 5.92. The van der Waals surface area contributed by atoms with Gasteiger partial charge >= 0.3 is 0 Å². The molecule has 0 bridgehead atoms. The summed E-state index contributed by atoms with van der Waals surface area (Å²) in [4.78, 5) is 20.6. The molecule has 1 amide bonds. The van der Waals surface area contributed by atoms with E-state index in [0.717, 1.165) is 28.7 Å². The summed E-state index contributed by atoms with van der Waals surface area (Å²) in [5, 5.41) is 3.72. The molecular weight excluding hydrogens is 254 g/mol. The number of nitrogens with one attached hydrogen (secondary N) is 1. The first kappa shape index (κ1) is 14.3. The van der Waals surface area contributed by atoms with Gasteiger partial charge in [-0.05, 0) is 32.8 Å². The summed E-state index contributed by atoms with van der Waals surface area (Å²) in [7, 11) is 0. The number of amides is 1. The van der Waals surface area contributed by atoms with Gasteiger partial charge in [0.05, 0.1) is 5.39 Å². The van der Waals surface area contributed by atoms with Gasteiger partial charge in [-0.15, -0.1) is 0 Å². The number of carbonyl (C=O) groups excluding carboxylic acids is 1. The van der Waals surface area contributed by atoms with E-state index in [4.69, 9.17) is 5.73 Å². The van der Waals surface area contributed by atoms with Crippen molar-refractivity contribution in [3.63, 3.8) is 0 Å². The first-order valence-electron chi connectivity index (χ1n) is 6.81. The molecule has 0 saturated heterocycles. The molecule has 0 saturated carbocycles. The lowest BCUT2D eigenvalue weighted by Crippen LogP contribution is -2.28. The fourth-order valence-electron chi connectivity index (χ4n) is 2.33. The third-order valence-electron chi connectivity index (χ3n) is 3.48. The van der Waals surface area contributed by atoms with Crippen LogP contribution >= 0.6 is 0 Å². The molecule has 0 spiro atoms. The van der Waals surface area contributed by atoms with Gasteiger partial charge in [-0.3, -0.25) is 4.79 Å². The molecule has 6 heteroatoms. The zero-order valence-corrected chi connectivity index (χ0v) is 12.4. The van der Waals surface area contributed by atoms with Crippen molar-refractivity contribution in [2.24, 2.45) is 0 Å². The summed E-state index contributed by atoms with van der Waals surface area (Å²) >= 11 is 0. The maximum atomic E-state index is 11.9. The largest absolute Gasteiger partial charge is 0.383 e. The van der Waals surface area contributed by atoms with Crippen molar-refractivity contribution in [3.05, 3.63) is 17.1 Å². The van der Waals surface area contributed by atoms with Gasteiger partial charge < -0.3 is 15.6 Å². The fourth-order valence-corrected chi connectivity index (χ4v) is 2.33. The van der Waals surface area contributed by atoms with Gasteiger partial charge in [0.15, 0.2) is 0 Å². The van der Waals surface area contributed by atoms with Gasteiger partial charge in [-0.1, -0.05) is 6.92 Å². The standard InChI is InChI=1S/C14H21N5O/c1-5-6-16-11(20)7-19-9(3)8(2)12-13(15)17-10(4)18-14(12)19/h5-7H2,1-4H3,(H,16,20)(H2,15,17,18). The summed E-state index contributed by atoms with van der Waals surface area (Å²) in [6, 6.07) is 0. The van der Waals surface area contributed by atoms with Gasteiger partial charge in [-0.2, -0.15) is 0 Å². The summed E-state index contributed by atoms with van der Waals surface area (Å²) < 4.78 is 1.90. The molecule has 0 aliphatic heterocycles. The van der Waals surface area contributed by atoms with Crippen LogP contribution in [0.25, 0.3) is 11.0 Å². The Labute approximate surface area is 118 Å². The molecule has 0 unspecified atom stereocenters. The topological polar surface area (TPSA) is 85.8 Å². The number of rotatable bonds is 4. The molecule has 0 aliphatic carbocycles. The lowest BCUT2D eigenvalue weighted by Gasteiger charge is -2.08. The Morgan fingerprint density at radius 3 is 2.65 bits per heavy atom. The number of nitrogens with two attached hydrogens (primary N) is 1. The number of aryl methyl sites for hydroxylation is 2. The van der Waals surface area contributed by atoms with E-state index >= 15 is 0 Å². The third kappa shape index (κ3) is 2.45. The minimum atomic E-state index is -0.0123. The Hall–Kier alpha value is -2.11. The Morgan fingerprint density at radius 1 is 1.30 bits per heavy atom. The van der Waals surface area contributed by atoms with Crippen LogP contribution in [0.3, 0.4) is 0 Å². The molecular formula is C14H21N5O. The van der Waals surface area contributed by atoms with Crippen LogP contribution in [0, 0.1) is 20.8 Å². The Kier molecular flexibility index (Phi) is 3.92. The number of nitrogens with zero attached hydrogens (tertiary/aromatic N) is 3. The number of anilines is 1. The molecule has 0 fully saturated rings. The predicted molar refractivity (Wildman–Crippen MR) is 79.5 cm³/mol. The quantitative estimate of drug-likeness (QED) is 0.884. The van der Waals surface area contributed by atoms with Crippen LogP contribution in [0.4, 0.5) is 5.82 Å². The van der Waals surface area contributed by atoms with Crippen LogP contribution < -0.4 is 11.1 Å². The average Bonchev–Trinajstić information content (AvgIpc) is 2.61. The monoisotopic (exact) mass is 275 g/mol. The number of nitrogen functional groups attached to an aromatic ring is 1. The van der Waals surface area contributed by atoms with E-state index in [9.17, 15) is 4.79 Å². The van der Waals surface area contributed by atoms with Crippen LogP contribution in [-0.2, 0) is 11.3 Å². The van der Waals surface area contributed by atoms with Crippen molar-refractivity contribution >= 4 is 22.8 Å². The highest BCUT2D eigenvalue weighted by Crippen LogP contribution is 2.27. The first-order valence-corrected chi connectivity index (χ1v) is 6.81. The molecule has 0 aromatic carbocycles. The molecule has 2 aromatic rings. The molecule has 3 N–H and O–H groups in total. The second-order valence-electron chi connectivity index (χ2n) is 5.00. The van der Waals surface area contributed by atoms with Crippen molar-refractivity contribution < 1.29 is 4.79 Å². The minimum absolute atomic E-state index is 0.0123. The highest BCUT2D eigenvalue weighted by atomic mass is 16.1. The van der Waals surface area contributed by atoms with Gasteiger partial charge in [0.2, 0.25) is 5.91 Å². The van der Waals surface area contributed by atoms with E-state index in [1.54, 1.807) is 6.92 Å². The van der Waals surface area contributed by atoms with Gasteiger partial charge in [0.1, 0.15) is 23.8 Å². The lowest BCUT2D eigenvalue weighted by atomic mass is 10.2. The second kappa shape index (κ2) is 5.48. The van der Waals surface area contributed by atoms with Crippen molar-refractivity contribution in [1.29, 1.82) is 0 Å². The smallest absolute Gasteiger partial charge is 0.240 e. The van der Waals surface area contributed by atoms with Crippen LogP contribution in [0.2, 0.25) is 0 Å². The normalized spacial score (nSPS) is 11.0. The van der Waals surface area contributed by atoms with Gasteiger partial charge in [0, 0.05) is 12.2 Å². The Balaban J connectivity index is 2.48. The molecule has 0 aliphatic rings. The zero-order chi connectivity index (χ0) is 14.9. The van der Waals surface area contributed by atoms with Gasteiger partial charge in [0.25, 0.3) is 0 Å². The summed E-state index contributed by atoms with van der Waals surface area (Å²) in [6.45, 7) is 8.72. The summed E-state index contributed by atoms with van der Waals surface area (Å²) in [6.07, 6.45) is 0.921. The SMILES string of the molecule is CCCNC(=O)Cn1c(C)c(C)c2c(N)nc(C)nc21. The van der Waals surface area contributed by atoms with Crippen molar-refractivity contribution in [1.82, 2.24) is 19.9 Å². The maximum Gasteiger partial charge on any atom is 0.240 e. The number of hydrogen-bond donors (Lipinski definition) is 2. The molecule has 2 aromatic heterocycles. The van der Waals surface area contributed by atoms with E-state index in [1.807, 2.05) is 25.3 Å². The van der Waals surface area contributed by atoms with Crippen LogP contribution in [0.5, 0.6) is 0 Å². The lowest BCUT2D eigenvalue weighted by molar-refractivity contribution is -0.121.